The molecule has 0 saturated heterocycles. The van der Waals surface area contributed by atoms with Crippen molar-refractivity contribution in [2.45, 2.75) is 0 Å². The van der Waals surface area contributed by atoms with Gasteiger partial charge in [-0.2, -0.15) is 0 Å². The number of carbonyl (C=O) groups is 1. The van der Waals surface area contributed by atoms with Crippen LogP contribution in [0.1, 0.15) is 11.1 Å². The molecule has 2 aromatic carbocycles. The molecule has 1 aliphatic heterocycles. The first-order valence-electron chi connectivity index (χ1n) is 7.23. The predicted molar refractivity (Wildman–Crippen MR) is 96.6 cm³/mol. The average Bonchev–Trinajstić information content (AvgIpc) is 2.97. The van der Waals surface area contributed by atoms with Gasteiger partial charge in [-0.15, -0.1) is 0 Å². The van der Waals surface area contributed by atoms with E-state index in [0.29, 0.717) is 27.6 Å². The van der Waals surface area contributed by atoms with Crippen LogP contribution in [-0.2, 0) is 9.53 Å². The predicted octanol–water partition coefficient (Wildman–Crippen LogP) is 4.36. The minimum atomic E-state index is -0.587. The molecule has 0 fully saturated rings. The lowest BCUT2D eigenvalue weighted by atomic mass is 10.1. The van der Waals surface area contributed by atoms with Crippen molar-refractivity contribution in [2.24, 2.45) is 4.99 Å². The van der Waals surface area contributed by atoms with Crippen LogP contribution in [0.4, 0.5) is 0 Å². The van der Waals surface area contributed by atoms with Crippen LogP contribution in [-0.4, -0.2) is 26.1 Å². The number of carbonyl (C=O) groups excluding carboxylic acids is 1. The summed E-state index contributed by atoms with van der Waals surface area (Å²) in [6.07, 6.45) is 1.56. The van der Waals surface area contributed by atoms with Gasteiger partial charge in [0.15, 0.2) is 17.2 Å². The highest BCUT2D eigenvalue weighted by molar-refractivity contribution is 6.44. The Labute approximate surface area is 154 Å². The van der Waals surface area contributed by atoms with Crippen molar-refractivity contribution < 1.29 is 19.0 Å². The number of ether oxygens (including phenoxy) is 3. The fourth-order valence-corrected chi connectivity index (χ4v) is 2.75. The van der Waals surface area contributed by atoms with E-state index in [2.05, 4.69) is 4.99 Å². The molecule has 0 radical (unpaired) electrons. The third-order valence-corrected chi connectivity index (χ3v) is 4.35. The molecule has 0 atom stereocenters. The SMILES string of the molecule is COc1cccc(/C=C2/N=C(c3cccc(Cl)c3Cl)OC2=O)c1OC. The lowest BCUT2D eigenvalue weighted by molar-refractivity contribution is -0.129. The molecule has 5 nitrogen and oxygen atoms in total. The molecular weight excluding hydrogens is 365 g/mol. The van der Waals surface area contributed by atoms with Gasteiger partial charge in [0.05, 0.1) is 29.8 Å². The molecule has 0 amide bonds. The second-order valence-corrected chi connectivity index (χ2v) is 5.81. The number of nitrogens with zero attached hydrogens (tertiary/aromatic N) is 1. The number of hydrogen-bond donors (Lipinski definition) is 0. The lowest BCUT2D eigenvalue weighted by Gasteiger charge is -2.09. The summed E-state index contributed by atoms with van der Waals surface area (Å²) in [5.41, 5.74) is 1.21. The third-order valence-electron chi connectivity index (χ3n) is 3.53. The molecule has 1 aliphatic rings. The molecule has 0 unspecified atom stereocenters. The summed E-state index contributed by atoms with van der Waals surface area (Å²) in [4.78, 5) is 16.4. The van der Waals surface area contributed by atoms with E-state index in [-0.39, 0.29) is 16.6 Å². The Morgan fingerprint density at radius 2 is 1.84 bits per heavy atom. The maximum absolute atomic E-state index is 12.2. The number of methoxy groups -OCH3 is 2. The van der Waals surface area contributed by atoms with Crippen molar-refractivity contribution in [3.05, 3.63) is 63.3 Å². The first-order valence-corrected chi connectivity index (χ1v) is 7.98. The van der Waals surface area contributed by atoms with Crippen LogP contribution in [0.2, 0.25) is 10.0 Å². The Hall–Kier alpha value is -2.50. The maximum atomic E-state index is 12.2. The van der Waals surface area contributed by atoms with E-state index in [4.69, 9.17) is 37.4 Å². The Balaban J connectivity index is 2.04. The van der Waals surface area contributed by atoms with Gasteiger partial charge >= 0.3 is 5.97 Å². The smallest absolute Gasteiger partial charge is 0.363 e. The molecule has 25 heavy (non-hydrogen) atoms. The van der Waals surface area contributed by atoms with E-state index >= 15 is 0 Å². The molecule has 0 aliphatic carbocycles. The molecule has 0 aromatic heterocycles. The normalized spacial score (nSPS) is 15.1. The largest absolute Gasteiger partial charge is 0.493 e. The first kappa shape index (κ1) is 17.3. The van der Waals surface area contributed by atoms with Crippen LogP contribution in [0.15, 0.2) is 47.1 Å². The van der Waals surface area contributed by atoms with Gasteiger partial charge in [0.1, 0.15) is 0 Å². The topological polar surface area (TPSA) is 57.1 Å². The number of esters is 1. The lowest BCUT2D eigenvalue weighted by Crippen LogP contribution is -2.06. The minimum Gasteiger partial charge on any atom is -0.493 e. The summed E-state index contributed by atoms with van der Waals surface area (Å²) < 4.78 is 15.8. The Morgan fingerprint density at radius 3 is 2.56 bits per heavy atom. The second-order valence-electron chi connectivity index (χ2n) is 5.02. The number of para-hydroxylation sites is 1. The molecule has 128 valence electrons. The summed E-state index contributed by atoms with van der Waals surface area (Å²) in [6.45, 7) is 0. The van der Waals surface area contributed by atoms with Crippen molar-refractivity contribution in [3.63, 3.8) is 0 Å². The van der Waals surface area contributed by atoms with E-state index in [0.717, 1.165) is 0 Å². The first-order chi connectivity index (χ1) is 12.0. The number of cyclic esters (lactones) is 1. The summed E-state index contributed by atoms with van der Waals surface area (Å²) in [7, 11) is 3.06. The van der Waals surface area contributed by atoms with Gasteiger partial charge in [-0.25, -0.2) is 9.79 Å². The zero-order valence-corrected chi connectivity index (χ0v) is 14.9. The van der Waals surface area contributed by atoms with Crippen LogP contribution in [0.3, 0.4) is 0 Å². The van der Waals surface area contributed by atoms with Crippen molar-refractivity contribution in [1.82, 2.24) is 0 Å². The van der Waals surface area contributed by atoms with Gasteiger partial charge in [0, 0.05) is 5.56 Å². The minimum absolute atomic E-state index is 0.102. The van der Waals surface area contributed by atoms with Crippen LogP contribution in [0.25, 0.3) is 6.08 Å². The Morgan fingerprint density at radius 1 is 1.08 bits per heavy atom. The summed E-state index contributed by atoms with van der Waals surface area (Å²) in [5, 5.41) is 0.626. The van der Waals surface area contributed by atoms with Crippen molar-refractivity contribution in [3.8, 4) is 11.5 Å². The number of aliphatic imine (C=N–C) groups is 1. The molecule has 3 rings (SSSR count). The number of rotatable bonds is 4. The number of benzene rings is 2. The molecule has 2 aromatic rings. The molecule has 0 saturated carbocycles. The standard InChI is InChI=1S/C18H13Cl2NO4/c1-23-14-8-3-5-10(16(14)24-2)9-13-18(22)25-17(21-13)11-6-4-7-12(19)15(11)20/h3-9H,1-2H3/b13-9+. The molecule has 0 bridgehead atoms. The van der Waals surface area contributed by atoms with Gasteiger partial charge < -0.3 is 14.2 Å². The summed E-state index contributed by atoms with van der Waals surface area (Å²) in [6, 6.07) is 10.3. The Bertz CT molecular complexity index is 906. The molecule has 7 heteroatoms. The van der Waals surface area contributed by atoms with Gasteiger partial charge in [0.2, 0.25) is 5.90 Å². The summed E-state index contributed by atoms with van der Waals surface area (Å²) >= 11 is 12.2. The van der Waals surface area contributed by atoms with Crippen LogP contribution in [0.5, 0.6) is 11.5 Å². The maximum Gasteiger partial charge on any atom is 0.363 e. The quantitative estimate of drug-likeness (QED) is 0.586. The highest BCUT2D eigenvalue weighted by Crippen LogP contribution is 2.34. The molecular formula is C18H13Cl2NO4. The van der Waals surface area contributed by atoms with Gasteiger partial charge in [-0.1, -0.05) is 41.4 Å². The fraction of sp³-hybridized carbons (Fsp3) is 0.111. The molecule has 1 heterocycles. The summed E-state index contributed by atoms with van der Waals surface area (Å²) in [5.74, 6) is 0.557. The fourth-order valence-electron chi connectivity index (χ4n) is 2.37. The van der Waals surface area contributed by atoms with Crippen molar-refractivity contribution >= 4 is 41.1 Å². The van der Waals surface area contributed by atoms with E-state index in [1.165, 1.54) is 14.2 Å². The monoisotopic (exact) mass is 377 g/mol. The number of halogens is 2. The van der Waals surface area contributed by atoms with Crippen molar-refractivity contribution in [1.29, 1.82) is 0 Å². The second kappa shape index (κ2) is 7.17. The van der Waals surface area contributed by atoms with Gasteiger partial charge in [-0.05, 0) is 24.3 Å². The van der Waals surface area contributed by atoms with Crippen LogP contribution < -0.4 is 9.47 Å². The van der Waals surface area contributed by atoms with E-state index in [1.807, 2.05) is 0 Å². The van der Waals surface area contributed by atoms with Crippen molar-refractivity contribution in [2.75, 3.05) is 14.2 Å². The van der Waals surface area contributed by atoms with Gasteiger partial charge in [-0.3, -0.25) is 0 Å². The zero-order chi connectivity index (χ0) is 18.0. The van der Waals surface area contributed by atoms with Gasteiger partial charge in [0.25, 0.3) is 0 Å². The van der Waals surface area contributed by atoms with E-state index in [9.17, 15) is 4.79 Å². The highest BCUT2D eigenvalue weighted by atomic mass is 35.5. The molecule has 0 spiro atoms. The number of hydrogen-bond acceptors (Lipinski definition) is 5. The molecule has 0 N–H and O–H groups in total. The van der Waals surface area contributed by atoms with Crippen LogP contribution >= 0.6 is 23.2 Å². The highest BCUT2D eigenvalue weighted by Gasteiger charge is 2.26. The average molecular weight is 378 g/mol. The third kappa shape index (κ3) is 3.34. The van der Waals surface area contributed by atoms with E-state index in [1.54, 1.807) is 42.5 Å². The van der Waals surface area contributed by atoms with Crippen LogP contribution in [0, 0.1) is 0 Å². The zero-order valence-electron chi connectivity index (χ0n) is 13.4. The van der Waals surface area contributed by atoms with E-state index < -0.39 is 5.97 Å². The Kier molecular flexibility index (Phi) is 4.97.